The van der Waals surface area contributed by atoms with Crippen molar-refractivity contribution in [3.63, 3.8) is 0 Å². The highest BCUT2D eigenvalue weighted by Crippen LogP contribution is 2.17. The van der Waals surface area contributed by atoms with Crippen LogP contribution in [0.3, 0.4) is 0 Å². The Kier molecular flexibility index (Phi) is 4.97. The van der Waals surface area contributed by atoms with Crippen LogP contribution >= 0.6 is 0 Å². The lowest BCUT2D eigenvalue weighted by atomic mass is 10.2. The van der Waals surface area contributed by atoms with Gasteiger partial charge < -0.3 is 9.47 Å². The molecule has 0 aromatic heterocycles. The molecule has 0 atom stereocenters. The lowest BCUT2D eigenvalue weighted by Crippen LogP contribution is -1.97. The van der Waals surface area contributed by atoms with Crippen LogP contribution < -0.4 is 0 Å². The van der Waals surface area contributed by atoms with E-state index in [4.69, 9.17) is 9.47 Å². The average Bonchev–Trinajstić information content (AvgIpc) is 2.02. The maximum atomic E-state index is 5.21. The first kappa shape index (κ1) is 11.8. The van der Waals surface area contributed by atoms with E-state index in [1.807, 2.05) is 26.8 Å². The van der Waals surface area contributed by atoms with Gasteiger partial charge >= 0.3 is 0 Å². The number of ether oxygens (including phenoxy) is 2. The summed E-state index contributed by atoms with van der Waals surface area (Å²) >= 11 is 0. The maximum absolute atomic E-state index is 5.21. The summed E-state index contributed by atoms with van der Waals surface area (Å²) in [6, 6.07) is 0. The van der Waals surface area contributed by atoms with Gasteiger partial charge in [0, 0.05) is 0 Å². The van der Waals surface area contributed by atoms with Crippen molar-refractivity contribution in [3.05, 3.63) is 35.3 Å². The fourth-order valence-electron chi connectivity index (χ4n) is 0.992. The predicted molar refractivity (Wildman–Crippen MR) is 55.3 cm³/mol. The molecule has 0 N–H and O–H groups in total. The smallest absolute Gasteiger partial charge is 0.160 e. The summed E-state index contributed by atoms with van der Waals surface area (Å²) in [4.78, 5) is 0. The minimum atomic E-state index is 0.718. The Morgan fingerprint density at radius 2 is 1.62 bits per heavy atom. The van der Waals surface area contributed by atoms with E-state index < -0.39 is 0 Å². The minimum Gasteiger partial charge on any atom is -0.493 e. The number of methoxy groups -OCH3 is 2. The zero-order valence-electron chi connectivity index (χ0n) is 9.10. The molecule has 0 spiro atoms. The van der Waals surface area contributed by atoms with E-state index in [9.17, 15) is 0 Å². The van der Waals surface area contributed by atoms with Gasteiger partial charge in [0.25, 0.3) is 0 Å². The van der Waals surface area contributed by atoms with E-state index in [0.29, 0.717) is 0 Å². The van der Waals surface area contributed by atoms with Gasteiger partial charge in [-0.05, 0) is 32.4 Å². The Bertz CT molecular complexity index is 243. The van der Waals surface area contributed by atoms with Gasteiger partial charge in [-0.2, -0.15) is 0 Å². The minimum absolute atomic E-state index is 0.718. The van der Waals surface area contributed by atoms with E-state index in [2.05, 4.69) is 6.58 Å². The van der Waals surface area contributed by atoms with Gasteiger partial charge in [-0.3, -0.25) is 0 Å². The Balaban J connectivity index is 4.97. The van der Waals surface area contributed by atoms with Gasteiger partial charge in [0.1, 0.15) is 0 Å². The third kappa shape index (κ3) is 3.83. The van der Waals surface area contributed by atoms with Crippen molar-refractivity contribution in [1.82, 2.24) is 0 Å². The van der Waals surface area contributed by atoms with Crippen molar-refractivity contribution in [2.45, 2.75) is 20.8 Å². The second-order valence-corrected chi connectivity index (χ2v) is 3.09. The lowest BCUT2D eigenvalue weighted by Gasteiger charge is -2.11. The van der Waals surface area contributed by atoms with E-state index in [-0.39, 0.29) is 0 Å². The molecule has 0 amide bonds. The predicted octanol–water partition coefficient (Wildman–Crippen LogP) is 3.03. The van der Waals surface area contributed by atoms with E-state index in [0.717, 1.165) is 22.7 Å². The normalized spacial score (nSPS) is 10.7. The number of hydrogen-bond acceptors (Lipinski definition) is 2. The van der Waals surface area contributed by atoms with Crippen LogP contribution in [0.5, 0.6) is 0 Å². The Morgan fingerprint density at radius 3 is 1.85 bits per heavy atom. The molecule has 0 fully saturated rings. The molecule has 0 rings (SSSR count). The molecule has 0 heterocycles. The molecular weight excluding hydrogens is 164 g/mol. The summed E-state index contributed by atoms with van der Waals surface area (Å²) in [5.41, 5.74) is 2.02. The Hall–Kier alpha value is -1.18. The molecule has 0 saturated heterocycles. The van der Waals surface area contributed by atoms with Gasteiger partial charge in [-0.1, -0.05) is 12.2 Å². The highest BCUT2D eigenvalue weighted by Gasteiger charge is 2.06. The molecule has 74 valence electrons. The largest absolute Gasteiger partial charge is 0.493 e. The summed E-state index contributed by atoms with van der Waals surface area (Å²) in [7, 11) is 3.25. The standard InChI is InChI=1S/C11H18O2/c1-8(2)7-10(12-5)11(13-6)9(3)4/h7H,1H2,2-6H3/b10-7+. The molecule has 0 radical (unpaired) electrons. The molecule has 0 aromatic rings. The summed E-state index contributed by atoms with van der Waals surface area (Å²) in [6.07, 6.45) is 1.85. The monoisotopic (exact) mass is 182 g/mol. The summed E-state index contributed by atoms with van der Waals surface area (Å²) < 4.78 is 10.4. The van der Waals surface area contributed by atoms with Crippen molar-refractivity contribution < 1.29 is 9.47 Å². The molecule has 0 saturated carbocycles. The zero-order chi connectivity index (χ0) is 10.4. The van der Waals surface area contributed by atoms with Crippen LogP contribution in [-0.4, -0.2) is 14.2 Å². The molecule has 0 aliphatic rings. The van der Waals surface area contributed by atoms with Crippen molar-refractivity contribution >= 4 is 0 Å². The zero-order valence-corrected chi connectivity index (χ0v) is 9.10. The SMILES string of the molecule is C=C(C)/C=C(/OC)C(OC)=C(C)C. The van der Waals surface area contributed by atoms with Crippen LogP contribution in [0.25, 0.3) is 0 Å². The topological polar surface area (TPSA) is 18.5 Å². The summed E-state index contributed by atoms with van der Waals surface area (Å²) in [5.74, 6) is 1.49. The van der Waals surface area contributed by atoms with Crippen LogP contribution in [-0.2, 0) is 9.47 Å². The van der Waals surface area contributed by atoms with Gasteiger partial charge in [-0.15, -0.1) is 0 Å². The van der Waals surface area contributed by atoms with E-state index in [1.165, 1.54) is 0 Å². The van der Waals surface area contributed by atoms with Gasteiger partial charge in [0.15, 0.2) is 11.5 Å². The van der Waals surface area contributed by atoms with E-state index in [1.54, 1.807) is 14.2 Å². The first-order chi connectivity index (χ1) is 6.02. The highest BCUT2D eigenvalue weighted by atomic mass is 16.5. The highest BCUT2D eigenvalue weighted by molar-refractivity contribution is 5.30. The third-order valence-electron chi connectivity index (χ3n) is 1.48. The molecule has 0 aliphatic heterocycles. The van der Waals surface area contributed by atoms with Crippen LogP contribution in [0.4, 0.5) is 0 Å². The van der Waals surface area contributed by atoms with Crippen molar-refractivity contribution in [3.8, 4) is 0 Å². The van der Waals surface area contributed by atoms with Crippen molar-refractivity contribution in [2.75, 3.05) is 14.2 Å². The molecular formula is C11H18O2. The molecule has 0 bridgehead atoms. The fraction of sp³-hybridized carbons (Fsp3) is 0.455. The van der Waals surface area contributed by atoms with Crippen LogP contribution in [0, 0.1) is 0 Å². The average molecular weight is 182 g/mol. The molecule has 13 heavy (non-hydrogen) atoms. The second-order valence-electron chi connectivity index (χ2n) is 3.09. The Labute approximate surface area is 80.5 Å². The van der Waals surface area contributed by atoms with Crippen molar-refractivity contribution in [2.24, 2.45) is 0 Å². The second kappa shape index (κ2) is 5.46. The van der Waals surface area contributed by atoms with Gasteiger partial charge in [0.2, 0.25) is 0 Å². The van der Waals surface area contributed by atoms with Crippen LogP contribution in [0.2, 0.25) is 0 Å². The summed E-state index contributed by atoms with van der Waals surface area (Å²) in [5, 5.41) is 0. The molecule has 2 heteroatoms. The van der Waals surface area contributed by atoms with E-state index >= 15 is 0 Å². The van der Waals surface area contributed by atoms with Crippen LogP contribution in [0.15, 0.2) is 35.3 Å². The summed E-state index contributed by atoms with van der Waals surface area (Å²) in [6.45, 7) is 9.65. The van der Waals surface area contributed by atoms with Gasteiger partial charge in [0.05, 0.1) is 14.2 Å². The lowest BCUT2D eigenvalue weighted by molar-refractivity contribution is 0.217. The maximum Gasteiger partial charge on any atom is 0.160 e. The van der Waals surface area contributed by atoms with Gasteiger partial charge in [-0.25, -0.2) is 0 Å². The number of rotatable bonds is 4. The van der Waals surface area contributed by atoms with Crippen LogP contribution in [0.1, 0.15) is 20.8 Å². The number of hydrogen-bond donors (Lipinski definition) is 0. The molecule has 0 aromatic carbocycles. The molecule has 2 nitrogen and oxygen atoms in total. The number of allylic oxidation sites excluding steroid dienone is 3. The fourth-order valence-corrected chi connectivity index (χ4v) is 0.992. The quantitative estimate of drug-likeness (QED) is 0.491. The van der Waals surface area contributed by atoms with Crippen molar-refractivity contribution in [1.29, 1.82) is 0 Å². The molecule has 0 aliphatic carbocycles. The molecule has 0 unspecified atom stereocenters. The first-order valence-electron chi connectivity index (χ1n) is 4.16. The first-order valence-corrected chi connectivity index (χ1v) is 4.16. The Morgan fingerprint density at radius 1 is 1.08 bits per heavy atom. The third-order valence-corrected chi connectivity index (χ3v) is 1.48.